The summed E-state index contributed by atoms with van der Waals surface area (Å²) in [5.41, 5.74) is -0.0995. The van der Waals surface area contributed by atoms with Crippen LogP contribution in [0.1, 0.15) is 37.3 Å². The molecule has 5 rings (SSSR count). The molecule has 3 heterocycles. The van der Waals surface area contributed by atoms with E-state index in [1.807, 2.05) is 4.57 Å². The number of alkyl halides is 3. The fourth-order valence-corrected chi connectivity index (χ4v) is 5.66. The minimum atomic E-state index is -4.72. The molecule has 1 aliphatic rings. The van der Waals surface area contributed by atoms with E-state index in [9.17, 15) is 21.6 Å². The topological polar surface area (TPSA) is 107 Å². The van der Waals surface area contributed by atoms with Gasteiger partial charge in [-0.3, -0.25) is 0 Å². The molecule has 0 bridgehead atoms. The highest BCUT2D eigenvalue weighted by molar-refractivity contribution is 7.89. The minimum Gasteiger partial charge on any atom is -0.317 e. The normalized spacial score (nSPS) is 19.5. The summed E-state index contributed by atoms with van der Waals surface area (Å²) < 4.78 is 73.3. The first kappa shape index (κ1) is 22.5. The molecule has 1 aromatic carbocycles. The van der Waals surface area contributed by atoms with Gasteiger partial charge in [0.05, 0.1) is 10.5 Å². The average molecular weight is 491 g/mol. The van der Waals surface area contributed by atoms with E-state index < -0.39 is 32.7 Å². The molecule has 1 N–H and O–H groups in total. The van der Waals surface area contributed by atoms with Crippen LogP contribution >= 0.6 is 0 Å². The van der Waals surface area contributed by atoms with E-state index in [0.717, 1.165) is 18.9 Å². The average Bonchev–Trinajstić information content (AvgIpc) is 3.50. The van der Waals surface area contributed by atoms with Crippen LogP contribution in [0.25, 0.3) is 16.8 Å². The molecule has 4 aromatic rings. The Morgan fingerprint density at radius 3 is 2.59 bits per heavy atom. The molecule has 3 aromatic heterocycles. The van der Waals surface area contributed by atoms with Crippen molar-refractivity contribution < 1.29 is 21.6 Å². The SMILES string of the molecule is O=S(=O)(NC1CCCC(n2cnnc2)C1)c1cc(-c2ccn3ncnc3c2)cc(C(F)(F)F)c1. The molecule has 0 aliphatic heterocycles. The molecule has 34 heavy (non-hydrogen) atoms. The van der Waals surface area contributed by atoms with Gasteiger partial charge in [-0.05, 0) is 67.1 Å². The molecule has 0 amide bonds. The van der Waals surface area contributed by atoms with Gasteiger partial charge in [0, 0.05) is 18.3 Å². The number of pyridine rings is 1. The standard InChI is InChI=1S/C21H20F3N7O2S/c22-21(23,24)16-6-15(14-4-5-31-20(8-14)25-11-28-31)7-19(9-16)34(32,33)29-17-2-1-3-18(10-17)30-12-26-27-13-30/h4-9,11-13,17-18,29H,1-3,10H2. The maximum Gasteiger partial charge on any atom is 0.416 e. The fourth-order valence-electron chi connectivity index (χ4n) is 4.31. The van der Waals surface area contributed by atoms with Crippen molar-refractivity contribution in [3.05, 3.63) is 61.1 Å². The third kappa shape index (κ3) is 4.53. The number of aromatic nitrogens is 6. The molecule has 2 atom stereocenters. The lowest BCUT2D eigenvalue weighted by atomic mass is 9.91. The van der Waals surface area contributed by atoms with Crippen LogP contribution in [0.15, 0.2) is 60.4 Å². The number of hydrogen-bond acceptors (Lipinski definition) is 6. The number of benzene rings is 1. The second-order valence-corrected chi connectivity index (χ2v) is 9.98. The summed E-state index contributed by atoms with van der Waals surface area (Å²) in [5, 5.41) is 11.5. The number of nitrogens with zero attached hydrogens (tertiary/aromatic N) is 6. The highest BCUT2D eigenvalue weighted by Gasteiger charge is 2.34. The Bertz CT molecular complexity index is 1420. The summed E-state index contributed by atoms with van der Waals surface area (Å²) >= 11 is 0. The second kappa shape index (κ2) is 8.47. The molecule has 2 unspecified atom stereocenters. The maximum absolute atomic E-state index is 13.7. The Morgan fingerprint density at radius 2 is 1.82 bits per heavy atom. The van der Waals surface area contributed by atoms with Crippen molar-refractivity contribution >= 4 is 15.7 Å². The Hall–Kier alpha value is -3.32. The Balaban J connectivity index is 1.48. The number of fused-ring (bicyclic) bond motifs is 1. The van der Waals surface area contributed by atoms with Crippen LogP contribution in [-0.2, 0) is 16.2 Å². The zero-order chi connectivity index (χ0) is 23.9. The first-order valence-electron chi connectivity index (χ1n) is 10.6. The van der Waals surface area contributed by atoms with Crippen LogP contribution in [-0.4, -0.2) is 43.8 Å². The summed E-state index contributed by atoms with van der Waals surface area (Å²) in [6.45, 7) is 0. The van der Waals surface area contributed by atoms with Crippen LogP contribution in [0.3, 0.4) is 0 Å². The third-order valence-electron chi connectivity index (χ3n) is 5.98. The van der Waals surface area contributed by atoms with Crippen LogP contribution in [0.4, 0.5) is 13.2 Å². The summed E-state index contributed by atoms with van der Waals surface area (Å²) in [6, 6.07) is 5.56. The van der Waals surface area contributed by atoms with E-state index in [2.05, 4.69) is 25.0 Å². The Morgan fingerprint density at radius 1 is 1.03 bits per heavy atom. The van der Waals surface area contributed by atoms with Gasteiger partial charge in [-0.25, -0.2) is 22.6 Å². The van der Waals surface area contributed by atoms with Crippen LogP contribution < -0.4 is 4.72 Å². The lowest BCUT2D eigenvalue weighted by molar-refractivity contribution is -0.137. The van der Waals surface area contributed by atoms with E-state index in [0.29, 0.717) is 30.1 Å². The Labute approximate surface area is 192 Å². The fraction of sp³-hybridized carbons (Fsp3) is 0.333. The van der Waals surface area contributed by atoms with Gasteiger partial charge in [0.1, 0.15) is 19.0 Å². The quantitative estimate of drug-likeness (QED) is 0.458. The zero-order valence-corrected chi connectivity index (χ0v) is 18.5. The third-order valence-corrected chi connectivity index (χ3v) is 7.48. The molecule has 1 saturated carbocycles. The van der Waals surface area contributed by atoms with Gasteiger partial charge in [0.2, 0.25) is 10.0 Å². The highest BCUT2D eigenvalue weighted by atomic mass is 32.2. The summed E-state index contributed by atoms with van der Waals surface area (Å²) in [4.78, 5) is 3.60. The summed E-state index contributed by atoms with van der Waals surface area (Å²) in [5.74, 6) is 0. The van der Waals surface area contributed by atoms with Crippen molar-refractivity contribution in [2.24, 2.45) is 0 Å². The predicted octanol–water partition coefficient (Wildman–Crippen LogP) is 3.47. The van der Waals surface area contributed by atoms with Crippen molar-refractivity contribution in [2.45, 2.75) is 48.8 Å². The summed E-state index contributed by atoms with van der Waals surface area (Å²) in [7, 11) is -4.22. The van der Waals surface area contributed by atoms with E-state index in [-0.39, 0.29) is 11.6 Å². The van der Waals surface area contributed by atoms with E-state index in [4.69, 9.17) is 0 Å². The molecule has 178 valence electrons. The molecule has 1 aliphatic carbocycles. The molecule has 13 heteroatoms. The van der Waals surface area contributed by atoms with Crippen molar-refractivity contribution in [1.29, 1.82) is 0 Å². The van der Waals surface area contributed by atoms with E-state index in [1.165, 1.54) is 16.9 Å². The molecule has 0 saturated heterocycles. The number of rotatable bonds is 5. The number of nitrogens with one attached hydrogen (secondary N) is 1. The van der Waals surface area contributed by atoms with Crippen LogP contribution in [0.2, 0.25) is 0 Å². The van der Waals surface area contributed by atoms with Gasteiger partial charge in [-0.1, -0.05) is 0 Å². The smallest absolute Gasteiger partial charge is 0.317 e. The van der Waals surface area contributed by atoms with Crippen LogP contribution in [0.5, 0.6) is 0 Å². The molecule has 0 spiro atoms. The molecule has 1 fully saturated rings. The van der Waals surface area contributed by atoms with Gasteiger partial charge in [-0.15, -0.1) is 10.2 Å². The predicted molar refractivity (Wildman–Crippen MR) is 115 cm³/mol. The van der Waals surface area contributed by atoms with Gasteiger partial charge in [-0.2, -0.15) is 18.3 Å². The molecule has 9 nitrogen and oxygen atoms in total. The number of sulfonamides is 1. The van der Waals surface area contributed by atoms with Crippen molar-refractivity contribution in [3.8, 4) is 11.1 Å². The van der Waals surface area contributed by atoms with Crippen molar-refractivity contribution in [2.75, 3.05) is 0 Å². The van der Waals surface area contributed by atoms with Gasteiger partial charge < -0.3 is 4.57 Å². The maximum atomic E-state index is 13.7. The van der Waals surface area contributed by atoms with Crippen molar-refractivity contribution in [3.63, 3.8) is 0 Å². The highest BCUT2D eigenvalue weighted by Crippen LogP contribution is 2.35. The molecular weight excluding hydrogens is 471 g/mol. The van der Waals surface area contributed by atoms with E-state index >= 15 is 0 Å². The molecular formula is C21H20F3N7O2S. The minimum absolute atomic E-state index is 0.0170. The number of hydrogen-bond donors (Lipinski definition) is 1. The van der Waals surface area contributed by atoms with Gasteiger partial charge >= 0.3 is 6.18 Å². The van der Waals surface area contributed by atoms with Crippen LogP contribution in [0, 0.1) is 0 Å². The summed E-state index contributed by atoms with van der Waals surface area (Å²) in [6.07, 6.45) is 4.00. The largest absolute Gasteiger partial charge is 0.416 e. The Kier molecular flexibility index (Phi) is 5.60. The van der Waals surface area contributed by atoms with Crippen molar-refractivity contribution in [1.82, 2.24) is 34.1 Å². The first-order valence-corrected chi connectivity index (χ1v) is 12.1. The van der Waals surface area contributed by atoms with E-state index in [1.54, 1.807) is 31.0 Å². The lowest BCUT2D eigenvalue weighted by Crippen LogP contribution is -2.38. The zero-order valence-electron chi connectivity index (χ0n) is 17.7. The van der Waals surface area contributed by atoms with Gasteiger partial charge in [0.25, 0.3) is 0 Å². The monoisotopic (exact) mass is 491 g/mol. The first-order chi connectivity index (χ1) is 16.2. The number of halogens is 3. The second-order valence-electron chi connectivity index (χ2n) is 8.27. The lowest BCUT2D eigenvalue weighted by Gasteiger charge is -2.30. The molecule has 0 radical (unpaired) electrons. The van der Waals surface area contributed by atoms with Gasteiger partial charge in [0.15, 0.2) is 5.65 Å².